The number of amides is 1. The Balaban J connectivity index is 1.30. The van der Waals surface area contributed by atoms with Crippen molar-refractivity contribution >= 4 is 11.6 Å². The SMILES string of the molecule is CC1CC1c1ccc(CNCc2cccc(NC(=O)c3ccncc3)c2)o1. The lowest BCUT2D eigenvalue weighted by Gasteiger charge is -2.08. The lowest BCUT2D eigenvalue weighted by atomic mass is 10.2. The normalized spacial score (nSPS) is 18.3. The van der Waals surface area contributed by atoms with Gasteiger partial charge in [-0.25, -0.2) is 0 Å². The third-order valence-electron chi connectivity index (χ3n) is 4.91. The van der Waals surface area contributed by atoms with Crippen LogP contribution in [0.5, 0.6) is 0 Å². The molecule has 3 aromatic rings. The monoisotopic (exact) mass is 361 g/mol. The topological polar surface area (TPSA) is 67.2 Å². The quantitative estimate of drug-likeness (QED) is 0.657. The summed E-state index contributed by atoms with van der Waals surface area (Å²) in [5, 5.41) is 6.32. The highest BCUT2D eigenvalue weighted by atomic mass is 16.3. The predicted molar refractivity (Wildman–Crippen MR) is 104 cm³/mol. The molecule has 0 saturated heterocycles. The van der Waals surface area contributed by atoms with Crippen LogP contribution in [0.25, 0.3) is 0 Å². The van der Waals surface area contributed by atoms with Gasteiger partial charge in [-0.2, -0.15) is 0 Å². The van der Waals surface area contributed by atoms with Crippen LogP contribution in [0.15, 0.2) is 65.3 Å². The third kappa shape index (κ3) is 4.44. The summed E-state index contributed by atoms with van der Waals surface area (Å²) in [4.78, 5) is 16.2. The average Bonchev–Trinajstić information content (AvgIpc) is 3.23. The average molecular weight is 361 g/mol. The van der Waals surface area contributed by atoms with Crippen molar-refractivity contribution in [2.75, 3.05) is 5.32 Å². The number of carbonyl (C=O) groups is 1. The van der Waals surface area contributed by atoms with Gasteiger partial charge >= 0.3 is 0 Å². The molecule has 4 rings (SSSR count). The molecule has 0 aliphatic heterocycles. The van der Waals surface area contributed by atoms with Gasteiger partial charge in [0.2, 0.25) is 0 Å². The number of carbonyl (C=O) groups excluding carboxylic acids is 1. The van der Waals surface area contributed by atoms with Crippen molar-refractivity contribution in [1.29, 1.82) is 0 Å². The van der Waals surface area contributed by atoms with E-state index >= 15 is 0 Å². The first-order chi connectivity index (χ1) is 13.2. The molecule has 1 fully saturated rings. The van der Waals surface area contributed by atoms with E-state index in [9.17, 15) is 4.79 Å². The van der Waals surface area contributed by atoms with Crippen molar-refractivity contribution in [3.05, 3.63) is 83.6 Å². The summed E-state index contributed by atoms with van der Waals surface area (Å²) in [5.41, 5.74) is 2.47. The van der Waals surface area contributed by atoms with Crippen LogP contribution >= 0.6 is 0 Å². The Bertz CT molecular complexity index is 920. The highest BCUT2D eigenvalue weighted by Gasteiger charge is 2.36. The van der Waals surface area contributed by atoms with Gasteiger partial charge < -0.3 is 15.1 Å². The van der Waals surface area contributed by atoms with Crippen molar-refractivity contribution in [2.45, 2.75) is 32.4 Å². The molecule has 138 valence electrons. The Morgan fingerprint density at radius 3 is 2.74 bits per heavy atom. The van der Waals surface area contributed by atoms with E-state index in [2.05, 4.69) is 34.7 Å². The van der Waals surface area contributed by atoms with Crippen LogP contribution < -0.4 is 10.6 Å². The zero-order chi connectivity index (χ0) is 18.6. The highest BCUT2D eigenvalue weighted by molar-refractivity contribution is 6.04. The van der Waals surface area contributed by atoms with Crippen molar-refractivity contribution in [1.82, 2.24) is 10.3 Å². The Labute approximate surface area is 158 Å². The first-order valence-electron chi connectivity index (χ1n) is 9.28. The Hall–Kier alpha value is -2.92. The summed E-state index contributed by atoms with van der Waals surface area (Å²) in [5.74, 6) is 3.30. The Kier molecular flexibility index (Phi) is 5.03. The molecule has 2 heterocycles. The number of nitrogens with one attached hydrogen (secondary N) is 2. The second-order valence-electron chi connectivity index (χ2n) is 7.12. The van der Waals surface area contributed by atoms with Gasteiger partial charge in [-0.1, -0.05) is 19.1 Å². The molecule has 27 heavy (non-hydrogen) atoms. The van der Waals surface area contributed by atoms with Crippen LogP contribution in [0.4, 0.5) is 5.69 Å². The van der Waals surface area contributed by atoms with E-state index in [1.54, 1.807) is 24.5 Å². The molecule has 0 bridgehead atoms. The summed E-state index contributed by atoms with van der Waals surface area (Å²) < 4.78 is 5.92. The molecular weight excluding hydrogens is 338 g/mol. The van der Waals surface area contributed by atoms with Crippen LogP contribution in [-0.4, -0.2) is 10.9 Å². The molecular formula is C22H23N3O2. The van der Waals surface area contributed by atoms with Crippen LogP contribution in [-0.2, 0) is 13.1 Å². The zero-order valence-electron chi connectivity index (χ0n) is 15.3. The first kappa shape index (κ1) is 17.5. The smallest absolute Gasteiger partial charge is 0.255 e. The van der Waals surface area contributed by atoms with Gasteiger partial charge in [0.05, 0.1) is 6.54 Å². The molecule has 1 aromatic carbocycles. The molecule has 1 aliphatic carbocycles. The minimum absolute atomic E-state index is 0.139. The van der Waals surface area contributed by atoms with E-state index in [1.807, 2.05) is 24.3 Å². The van der Waals surface area contributed by atoms with Gasteiger partial charge in [0, 0.05) is 36.1 Å². The minimum Gasteiger partial charge on any atom is -0.464 e. The number of pyridine rings is 1. The van der Waals surface area contributed by atoms with Gasteiger partial charge in [-0.05, 0) is 54.3 Å². The number of furan rings is 1. The van der Waals surface area contributed by atoms with Gasteiger partial charge in [0.25, 0.3) is 5.91 Å². The van der Waals surface area contributed by atoms with E-state index in [0.717, 1.165) is 28.7 Å². The number of rotatable bonds is 7. The second-order valence-corrected chi connectivity index (χ2v) is 7.12. The van der Waals surface area contributed by atoms with Gasteiger partial charge in [-0.3, -0.25) is 9.78 Å². The summed E-state index contributed by atoms with van der Waals surface area (Å²) in [6.45, 7) is 3.65. The number of nitrogens with zero attached hydrogens (tertiary/aromatic N) is 1. The van der Waals surface area contributed by atoms with Crippen LogP contribution in [0.3, 0.4) is 0 Å². The summed E-state index contributed by atoms with van der Waals surface area (Å²) in [7, 11) is 0. The van der Waals surface area contributed by atoms with E-state index in [0.29, 0.717) is 24.6 Å². The van der Waals surface area contributed by atoms with E-state index < -0.39 is 0 Å². The predicted octanol–water partition coefficient (Wildman–Crippen LogP) is 4.34. The summed E-state index contributed by atoms with van der Waals surface area (Å²) in [6.07, 6.45) is 4.46. The number of anilines is 1. The van der Waals surface area contributed by atoms with Crippen LogP contribution in [0.2, 0.25) is 0 Å². The van der Waals surface area contributed by atoms with Crippen molar-refractivity contribution in [3.63, 3.8) is 0 Å². The second kappa shape index (κ2) is 7.76. The maximum Gasteiger partial charge on any atom is 0.255 e. The fourth-order valence-electron chi connectivity index (χ4n) is 3.20. The first-order valence-corrected chi connectivity index (χ1v) is 9.28. The van der Waals surface area contributed by atoms with Crippen LogP contribution in [0.1, 0.15) is 46.7 Å². The molecule has 2 N–H and O–H groups in total. The van der Waals surface area contributed by atoms with Crippen LogP contribution in [0, 0.1) is 5.92 Å². The maximum absolute atomic E-state index is 12.2. The van der Waals surface area contributed by atoms with E-state index in [4.69, 9.17) is 4.42 Å². The Morgan fingerprint density at radius 1 is 1.15 bits per heavy atom. The third-order valence-corrected chi connectivity index (χ3v) is 4.91. The molecule has 0 spiro atoms. The lowest BCUT2D eigenvalue weighted by Crippen LogP contribution is -2.14. The summed E-state index contributed by atoms with van der Waals surface area (Å²) >= 11 is 0. The molecule has 5 nitrogen and oxygen atoms in total. The fourth-order valence-corrected chi connectivity index (χ4v) is 3.20. The largest absolute Gasteiger partial charge is 0.464 e. The number of hydrogen-bond donors (Lipinski definition) is 2. The zero-order valence-corrected chi connectivity index (χ0v) is 15.3. The van der Waals surface area contributed by atoms with Gasteiger partial charge in [0.1, 0.15) is 11.5 Å². The molecule has 1 aliphatic rings. The van der Waals surface area contributed by atoms with E-state index in [-0.39, 0.29) is 5.91 Å². The van der Waals surface area contributed by atoms with Crippen molar-refractivity contribution in [3.8, 4) is 0 Å². The highest BCUT2D eigenvalue weighted by Crippen LogP contribution is 2.47. The molecule has 5 heteroatoms. The minimum atomic E-state index is -0.139. The summed E-state index contributed by atoms with van der Waals surface area (Å²) in [6, 6.07) is 15.4. The number of benzene rings is 1. The fraction of sp³-hybridized carbons (Fsp3) is 0.273. The van der Waals surface area contributed by atoms with E-state index in [1.165, 1.54) is 6.42 Å². The lowest BCUT2D eigenvalue weighted by molar-refractivity contribution is 0.102. The molecule has 2 aromatic heterocycles. The standard InChI is InChI=1S/C22H23N3O2/c1-15-11-20(15)21-6-5-19(27-21)14-24-13-16-3-2-4-18(12-16)25-22(26)17-7-9-23-10-8-17/h2-10,12,15,20,24H,11,13-14H2,1H3,(H,25,26). The molecule has 2 unspecified atom stereocenters. The molecule has 0 radical (unpaired) electrons. The van der Waals surface area contributed by atoms with Gasteiger partial charge in [0.15, 0.2) is 0 Å². The Morgan fingerprint density at radius 2 is 1.96 bits per heavy atom. The molecule has 1 saturated carbocycles. The maximum atomic E-state index is 12.2. The van der Waals surface area contributed by atoms with Gasteiger partial charge in [-0.15, -0.1) is 0 Å². The van der Waals surface area contributed by atoms with Crippen molar-refractivity contribution in [2.24, 2.45) is 5.92 Å². The number of hydrogen-bond acceptors (Lipinski definition) is 4. The molecule has 1 amide bonds. The van der Waals surface area contributed by atoms with Crippen molar-refractivity contribution < 1.29 is 9.21 Å². The number of aromatic nitrogens is 1. The molecule has 2 atom stereocenters.